The van der Waals surface area contributed by atoms with Gasteiger partial charge in [0.25, 0.3) is 0 Å². The highest BCUT2D eigenvalue weighted by Gasteiger charge is 2.32. The lowest BCUT2D eigenvalue weighted by Gasteiger charge is -2.13. The number of hydrogen-bond acceptors (Lipinski definition) is 7. The molecule has 2 heterocycles. The monoisotopic (exact) mass is 433 g/mol. The molecular weight excluding hydrogens is 415 g/mol. The largest absolute Gasteiger partial charge is 0.480 e. The molecule has 0 radical (unpaired) electrons. The van der Waals surface area contributed by atoms with Gasteiger partial charge in [0.1, 0.15) is 17.6 Å². The van der Waals surface area contributed by atoms with Gasteiger partial charge in [-0.15, -0.1) is 0 Å². The van der Waals surface area contributed by atoms with Crippen molar-refractivity contribution in [3.63, 3.8) is 0 Å². The summed E-state index contributed by atoms with van der Waals surface area (Å²) in [7, 11) is 0. The zero-order valence-electron chi connectivity index (χ0n) is 16.2. The Balaban J connectivity index is 1.82. The molecule has 0 aliphatic rings. The van der Waals surface area contributed by atoms with Gasteiger partial charge in [0, 0.05) is 23.6 Å². The Morgan fingerprint density at radius 3 is 2.52 bits per heavy atom. The van der Waals surface area contributed by atoms with Crippen LogP contribution in [-0.2, 0) is 11.0 Å². The summed E-state index contributed by atoms with van der Waals surface area (Å²) >= 11 is 0. The van der Waals surface area contributed by atoms with Crippen LogP contribution in [0.5, 0.6) is 0 Å². The Labute approximate surface area is 174 Å². The number of aliphatic hydroxyl groups excluding tert-OH is 1. The number of carboxylic acid groups (broad SMARTS) is 1. The van der Waals surface area contributed by atoms with Crippen LogP contribution in [0, 0.1) is 6.92 Å². The molecule has 2 aromatic heterocycles. The van der Waals surface area contributed by atoms with Gasteiger partial charge in [0.05, 0.1) is 6.61 Å². The van der Waals surface area contributed by atoms with Crippen LogP contribution in [0.4, 0.5) is 30.6 Å². The number of carboxylic acids is 1. The highest BCUT2D eigenvalue weighted by molar-refractivity contribution is 5.77. The zero-order valence-corrected chi connectivity index (χ0v) is 16.2. The molecule has 31 heavy (non-hydrogen) atoms. The van der Waals surface area contributed by atoms with Crippen LogP contribution < -0.4 is 10.6 Å². The lowest BCUT2D eigenvalue weighted by atomic mass is 10.0. The first-order valence-electron chi connectivity index (χ1n) is 9.01. The molecule has 3 aromatic rings. The molecule has 11 heteroatoms. The van der Waals surface area contributed by atoms with E-state index in [0.717, 1.165) is 23.4 Å². The van der Waals surface area contributed by atoms with E-state index < -0.39 is 30.5 Å². The van der Waals surface area contributed by atoms with Crippen molar-refractivity contribution in [2.75, 3.05) is 17.2 Å². The van der Waals surface area contributed by atoms with Crippen LogP contribution >= 0.6 is 0 Å². The number of carbonyl (C=O) groups is 1. The van der Waals surface area contributed by atoms with Gasteiger partial charge in [-0.2, -0.15) is 13.2 Å². The minimum atomic E-state index is -4.58. The molecule has 1 aromatic carbocycles. The number of nitrogens with zero attached hydrogens (tertiary/aromatic N) is 3. The summed E-state index contributed by atoms with van der Waals surface area (Å²) in [6.07, 6.45) is -2.03. The number of aryl methyl sites for hydroxylation is 1. The molecule has 3 rings (SSSR count). The van der Waals surface area contributed by atoms with Crippen molar-refractivity contribution in [3.8, 4) is 11.1 Å². The molecule has 0 saturated heterocycles. The number of rotatable bonds is 7. The van der Waals surface area contributed by atoms with Crippen molar-refractivity contribution in [1.29, 1.82) is 0 Å². The van der Waals surface area contributed by atoms with Crippen LogP contribution in [0.25, 0.3) is 11.1 Å². The number of benzene rings is 1. The van der Waals surface area contributed by atoms with Crippen molar-refractivity contribution in [2.24, 2.45) is 0 Å². The summed E-state index contributed by atoms with van der Waals surface area (Å²) in [4.78, 5) is 22.5. The van der Waals surface area contributed by atoms with Gasteiger partial charge in [-0.25, -0.2) is 19.7 Å². The fourth-order valence-corrected chi connectivity index (χ4v) is 2.74. The summed E-state index contributed by atoms with van der Waals surface area (Å²) in [5.74, 6) is -1.12. The Kier molecular flexibility index (Phi) is 6.35. The van der Waals surface area contributed by atoms with E-state index in [0.29, 0.717) is 11.3 Å². The Hall–Kier alpha value is -3.73. The average molecular weight is 433 g/mol. The number of halogens is 3. The van der Waals surface area contributed by atoms with Crippen molar-refractivity contribution in [3.05, 3.63) is 60.0 Å². The first-order valence-corrected chi connectivity index (χ1v) is 9.01. The fourth-order valence-electron chi connectivity index (χ4n) is 2.74. The number of pyridine rings is 1. The second-order valence-electron chi connectivity index (χ2n) is 6.63. The Morgan fingerprint density at radius 2 is 1.90 bits per heavy atom. The number of nitrogens with one attached hydrogen (secondary N) is 2. The van der Waals surface area contributed by atoms with E-state index in [1.807, 2.05) is 13.0 Å². The van der Waals surface area contributed by atoms with Crippen molar-refractivity contribution < 1.29 is 28.2 Å². The maximum Gasteiger partial charge on any atom is 0.433 e. The topological polar surface area (TPSA) is 120 Å². The van der Waals surface area contributed by atoms with E-state index >= 15 is 0 Å². The summed E-state index contributed by atoms with van der Waals surface area (Å²) in [6.45, 7) is 1.23. The molecule has 0 spiro atoms. The van der Waals surface area contributed by atoms with Crippen molar-refractivity contribution in [1.82, 2.24) is 15.0 Å². The summed E-state index contributed by atoms with van der Waals surface area (Å²) in [5, 5.41) is 23.4. The average Bonchev–Trinajstić information content (AvgIpc) is 2.71. The minimum Gasteiger partial charge on any atom is -0.480 e. The lowest BCUT2D eigenvalue weighted by Crippen LogP contribution is -2.33. The third-order valence-corrected chi connectivity index (χ3v) is 4.18. The third-order valence-electron chi connectivity index (χ3n) is 4.18. The van der Waals surface area contributed by atoms with Gasteiger partial charge in [-0.1, -0.05) is 6.07 Å². The van der Waals surface area contributed by atoms with Gasteiger partial charge < -0.3 is 20.8 Å². The molecule has 1 atom stereocenters. The molecule has 0 fully saturated rings. The maximum atomic E-state index is 12.9. The Morgan fingerprint density at radius 1 is 1.13 bits per heavy atom. The summed E-state index contributed by atoms with van der Waals surface area (Å²) in [6, 6.07) is 8.16. The van der Waals surface area contributed by atoms with Gasteiger partial charge in [-0.3, -0.25) is 0 Å². The third kappa shape index (κ3) is 5.66. The van der Waals surface area contributed by atoms with Gasteiger partial charge in [0.15, 0.2) is 0 Å². The van der Waals surface area contributed by atoms with E-state index in [9.17, 15) is 18.0 Å². The second-order valence-corrected chi connectivity index (χ2v) is 6.63. The molecule has 0 aliphatic heterocycles. The smallest absolute Gasteiger partial charge is 0.433 e. The zero-order chi connectivity index (χ0) is 22.6. The standard InChI is InChI=1S/C20H18F3N5O3/c1-11-6-13(12-2-3-17(25-9-12)27-15(10-29)18(30)31)8-14(7-11)26-19-24-5-4-16(28-19)20(21,22)23/h2-9,15,29H,10H2,1H3,(H,25,27)(H,30,31)(H,24,26,28)/t15-/m0/s1. The normalized spacial score (nSPS) is 12.3. The number of aliphatic hydroxyl groups is 1. The van der Waals surface area contributed by atoms with Crippen molar-refractivity contribution in [2.45, 2.75) is 19.1 Å². The first kappa shape index (κ1) is 22.0. The molecule has 0 saturated carbocycles. The molecule has 0 unspecified atom stereocenters. The molecule has 4 N–H and O–H groups in total. The maximum absolute atomic E-state index is 12.9. The predicted molar refractivity (Wildman–Crippen MR) is 107 cm³/mol. The van der Waals surface area contributed by atoms with Crippen LogP contribution in [0.15, 0.2) is 48.8 Å². The number of aromatic nitrogens is 3. The molecule has 0 aliphatic carbocycles. The lowest BCUT2D eigenvalue weighted by molar-refractivity contribution is -0.141. The molecule has 0 amide bonds. The fraction of sp³-hybridized carbons (Fsp3) is 0.200. The highest BCUT2D eigenvalue weighted by Crippen LogP contribution is 2.29. The van der Waals surface area contributed by atoms with E-state index in [2.05, 4.69) is 25.6 Å². The van der Waals surface area contributed by atoms with Gasteiger partial charge in [0.2, 0.25) is 5.95 Å². The highest BCUT2D eigenvalue weighted by atomic mass is 19.4. The predicted octanol–water partition coefficient (Wildman–Crippen LogP) is 3.47. The number of aliphatic carboxylic acids is 1. The quantitative estimate of drug-likeness (QED) is 0.447. The minimum absolute atomic E-state index is 0.187. The van der Waals surface area contributed by atoms with E-state index in [4.69, 9.17) is 10.2 Å². The molecule has 8 nitrogen and oxygen atoms in total. The second kappa shape index (κ2) is 8.96. The van der Waals surface area contributed by atoms with Crippen LogP contribution in [0.2, 0.25) is 0 Å². The molecule has 0 bridgehead atoms. The Bertz CT molecular complexity index is 1070. The van der Waals surface area contributed by atoms with Crippen molar-refractivity contribution >= 4 is 23.4 Å². The van der Waals surface area contributed by atoms with Gasteiger partial charge >= 0.3 is 12.1 Å². The van der Waals surface area contributed by atoms with E-state index in [-0.39, 0.29) is 11.8 Å². The molecular formula is C20H18F3N5O3. The van der Waals surface area contributed by atoms with Crippen LogP contribution in [0.1, 0.15) is 11.3 Å². The van der Waals surface area contributed by atoms with Crippen LogP contribution in [-0.4, -0.2) is 43.8 Å². The number of hydrogen-bond donors (Lipinski definition) is 4. The van der Waals surface area contributed by atoms with Crippen LogP contribution in [0.3, 0.4) is 0 Å². The number of alkyl halides is 3. The van der Waals surface area contributed by atoms with E-state index in [1.165, 1.54) is 6.20 Å². The van der Waals surface area contributed by atoms with E-state index in [1.54, 1.807) is 24.3 Å². The SMILES string of the molecule is Cc1cc(Nc2nccc(C(F)(F)F)n2)cc(-c2ccc(N[C@@H](CO)C(=O)O)nc2)c1. The number of anilines is 3. The van der Waals surface area contributed by atoms with Gasteiger partial charge in [-0.05, 0) is 48.4 Å². The summed E-state index contributed by atoms with van der Waals surface area (Å²) in [5.41, 5.74) is 1.69. The first-order chi connectivity index (χ1) is 14.7. The molecule has 162 valence electrons. The summed E-state index contributed by atoms with van der Waals surface area (Å²) < 4.78 is 38.6.